The Hall–Kier alpha value is -1.42. The van der Waals surface area contributed by atoms with E-state index in [1.54, 1.807) is 11.8 Å². The van der Waals surface area contributed by atoms with Crippen molar-refractivity contribution >= 4 is 28.6 Å². The van der Waals surface area contributed by atoms with E-state index in [-0.39, 0.29) is 5.97 Å². The summed E-state index contributed by atoms with van der Waals surface area (Å²) in [5, 5.41) is 1.12. The summed E-state index contributed by atoms with van der Waals surface area (Å²) in [5.41, 5.74) is 1.07. The molecule has 0 bridgehead atoms. The number of para-hydroxylation sites is 1. The van der Waals surface area contributed by atoms with Crippen molar-refractivity contribution in [3.63, 3.8) is 0 Å². The van der Waals surface area contributed by atoms with Crippen LogP contribution >= 0.6 is 11.8 Å². The lowest BCUT2D eigenvalue weighted by molar-refractivity contribution is -0.132. The van der Waals surface area contributed by atoms with Crippen LogP contribution in [0.2, 0.25) is 0 Å². The van der Waals surface area contributed by atoms with Crippen LogP contribution in [0.3, 0.4) is 0 Å². The first-order valence-corrected chi connectivity index (χ1v) is 6.17. The van der Waals surface area contributed by atoms with Crippen molar-refractivity contribution in [2.45, 2.75) is 11.8 Å². The molecule has 1 aromatic heterocycles. The molecule has 0 spiro atoms. The van der Waals surface area contributed by atoms with E-state index in [2.05, 4.69) is 0 Å². The molecule has 0 amide bonds. The maximum Gasteiger partial charge on any atom is 0.309 e. The fraction of sp³-hybridized carbons (Fsp3) is 0.250. The molecule has 0 saturated carbocycles. The van der Waals surface area contributed by atoms with Crippen molar-refractivity contribution in [1.29, 1.82) is 0 Å². The summed E-state index contributed by atoms with van der Waals surface area (Å²) in [7, 11) is 1.90. The van der Waals surface area contributed by atoms with Crippen molar-refractivity contribution in [3.8, 4) is 5.88 Å². The zero-order chi connectivity index (χ0) is 11.7. The Bertz CT molecular complexity index is 545. The maximum atomic E-state index is 11.1. The number of carbonyl (C=O) groups excluding carboxylic acids is 1. The van der Waals surface area contributed by atoms with Crippen LogP contribution in [0.15, 0.2) is 29.2 Å². The first-order chi connectivity index (χ1) is 7.65. The highest BCUT2D eigenvalue weighted by molar-refractivity contribution is 7.99. The number of rotatable bonds is 2. The number of carbonyl (C=O) groups is 1. The fourth-order valence-corrected chi connectivity index (χ4v) is 2.53. The number of aromatic nitrogens is 1. The number of hydrogen-bond acceptors (Lipinski definition) is 3. The number of hydrogen-bond donors (Lipinski definition) is 0. The zero-order valence-corrected chi connectivity index (χ0v) is 10.3. The van der Waals surface area contributed by atoms with Crippen LogP contribution in [0.25, 0.3) is 10.9 Å². The smallest absolute Gasteiger partial charge is 0.309 e. The lowest BCUT2D eigenvalue weighted by atomic mass is 10.2. The largest absolute Gasteiger partial charge is 0.408 e. The second-order valence-corrected chi connectivity index (χ2v) is 4.32. The van der Waals surface area contributed by atoms with Crippen LogP contribution in [0, 0.1) is 0 Å². The summed E-state index contributed by atoms with van der Waals surface area (Å²) in [4.78, 5) is 12.1. The Kier molecular flexibility index (Phi) is 2.92. The third-order valence-corrected chi connectivity index (χ3v) is 3.26. The number of benzene rings is 1. The van der Waals surface area contributed by atoms with Gasteiger partial charge in [-0.2, -0.15) is 0 Å². The lowest BCUT2D eigenvalue weighted by Gasteiger charge is -2.04. The standard InChI is InChI=1S/C12H13NO2S/c1-8(14)15-12-11(16-3)9-6-4-5-7-10(9)13(12)2/h4-7H,1-3H3. The van der Waals surface area contributed by atoms with Crippen molar-refractivity contribution in [1.82, 2.24) is 4.57 Å². The molecule has 1 heterocycles. The molecular weight excluding hydrogens is 222 g/mol. The Morgan fingerprint density at radius 1 is 1.38 bits per heavy atom. The quantitative estimate of drug-likeness (QED) is 0.592. The van der Waals surface area contributed by atoms with E-state index in [1.807, 2.05) is 42.1 Å². The fourth-order valence-electron chi connectivity index (χ4n) is 1.78. The van der Waals surface area contributed by atoms with Crippen molar-refractivity contribution in [3.05, 3.63) is 24.3 Å². The van der Waals surface area contributed by atoms with E-state index in [0.717, 1.165) is 15.8 Å². The normalized spacial score (nSPS) is 10.7. The molecule has 3 nitrogen and oxygen atoms in total. The van der Waals surface area contributed by atoms with Crippen molar-refractivity contribution in [2.24, 2.45) is 7.05 Å². The predicted molar refractivity (Wildman–Crippen MR) is 66.0 cm³/mol. The molecule has 2 aromatic rings. The molecule has 0 aliphatic carbocycles. The number of fused-ring (bicyclic) bond motifs is 1. The SMILES string of the molecule is CSc1c(OC(C)=O)n(C)c2ccccc12. The molecule has 2 rings (SSSR count). The first kappa shape index (κ1) is 11.1. The van der Waals surface area contributed by atoms with Gasteiger partial charge in [-0.1, -0.05) is 18.2 Å². The number of ether oxygens (including phenoxy) is 1. The average molecular weight is 235 g/mol. The topological polar surface area (TPSA) is 31.2 Å². The van der Waals surface area contributed by atoms with E-state index >= 15 is 0 Å². The molecule has 0 unspecified atom stereocenters. The third-order valence-electron chi connectivity index (χ3n) is 2.45. The molecule has 0 radical (unpaired) electrons. The number of aryl methyl sites for hydroxylation is 1. The summed E-state index contributed by atoms with van der Waals surface area (Å²) in [6.45, 7) is 1.42. The number of esters is 1. The van der Waals surface area contributed by atoms with Gasteiger partial charge in [-0.05, 0) is 12.3 Å². The van der Waals surface area contributed by atoms with Gasteiger partial charge in [0, 0.05) is 19.4 Å². The second kappa shape index (κ2) is 4.22. The molecule has 84 valence electrons. The Morgan fingerprint density at radius 3 is 2.69 bits per heavy atom. The highest BCUT2D eigenvalue weighted by Crippen LogP contribution is 2.37. The van der Waals surface area contributed by atoms with Gasteiger partial charge >= 0.3 is 5.97 Å². The van der Waals surface area contributed by atoms with Gasteiger partial charge in [0.2, 0.25) is 5.88 Å². The predicted octanol–water partition coefficient (Wildman–Crippen LogP) is 2.83. The lowest BCUT2D eigenvalue weighted by Crippen LogP contribution is -2.05. The molecule has 1 aromatic carbocycles. The Balaban J connectivity index is 2.71. The summed E-state index contributed by atoms with van der Waals surface area (Å²) in [5.74, 6) is 0.336. The molecule has 4 heteroatoms. The monoisotopic (exact) mass is 235 g/mol. The highest BCUT2D eigenvalue weighted by atomic mass is 32.2. The molecule has 0 atom stereocenters. The minimum atomic E-state index is -0.291. The first-order valence-electron chi connectivity index (χ1n) is 4.95. The molecule has 0 saturated heterocycles. The van der Waals surface area contributed by atoms with Crippen LogP contribution in [-0.4, -0.2) is 16.8 Å². The van der Waals surface area contributed by atoms with Gasteiger partial charge in [0.25, 0.3) is 0 Å². The van der Waals surface area contributed by atoms with Crippen LogP contribution < -0.4 is 4.74 Å². The summed E-state index contributed by atoms with van der Waals surface area (Å²) < 4.78 is 7.16. The van der Waals surface area contributed by atoms with Crippen molar-refractivity contribution < 1.29 is 9.53 Å². The van der Waals surface area contributed by atoms with E-state index in [1.165, 1.54) is 6.92 Å². The van der Waals surface area contributed by atoms with Gasteiger partial charge < -0.3 is 9.30 Å². The van der Waals surface area contributed by atoms with Gasteiger partial charge in [-0.3, -0.25) is 4.79 Å². The highest BCUT2D eigenvalue weighted by Gasteiger charge is 2.16. The Labute approximate surface area is 98.4 Å². The average Bonchev–Trinajstić information content (AvgIpc) is 2.52. The minimum Gasteiger partial charge on any atom is -0.408 e. The van der Waals surface area contributed by atoms with E-state index in [9.17, 15) is 4.79 Å². The number of nitrogens with zero attached hydrogens (tertiary/aromatic N) is 1. The Morgan fingerprint density at radius 2 is 2.06 bits per heavy atom. The van der Waals surface area contributed by atoms with Crippen LogP contribution in [0.1, 0.15) is 6.92 Å². The summed E-state index contributed by atoms with van der Waals surface area (Å²) in [6.07, 6.45) is 1.98. The molecule has 16 heavy (non-hydrogen) atoms. The minimum absolute atomic E-state index is 0.291. The van der Waals surface area contributed by atoms with Crippen LogP contribution in [0.5, 0.6) is 5.88 Å². The summed E-state index contributed by atoms with van der Waals surface area (Å²) >= 11 is 1.59. The van der Waals surface area contributed by atoms with E-state index in [0.29, 0.717) is 5.88 Å². The van der Waals surface area contributed by atoms with Gasteiger partial charge in [0.1, 0.15) is 0 Å². The maximum absolute atomic E-state index is 11.1. The molecule has 0 aliphatic heterocycles. The van der Waals surface area contributed by atoms with Crippen molar-refractivity contribution in [2.75, 3.05) is 6.26 Å². The van der Waals surface area contributed by atoms with Gasteiger partial charge in [-0.15, -0.1) is 11.8 Å². The van der Waals surface area contributed by atoms with Crippen LogP contribution in [0.4, 0.5) is 0 Å². The number of thioether (sulfide) groups is 1. The zero-order valence-electron chi connectivity index (χ0n) is 9.48. The van der Waals surface area contributed by atoms with Gasteiger partial charge in [-0.25, -0.2) is 0 Å². The third kappa shape index (κ3) is 1.69. The molecule has 0 aliphatic rings. The molecule has 0 fully saturated rings. The van der Waals surface area contributed by atoms with Gasteiger partial charge in [0.15, 0.2) is 0 Å². The van der Waals surface area contributed by atoms with E-state index in [4.69, 9.17) is 4.74 Å². The van der Waals surface area contributed by atoms with E-state index < -0.39 is 0 Å². The second-order valence-electron chi connectivity index (χ2n) is 3.51. The molecular formula is C12H13NO2S. The molecule has 0 N–H and O–H groups in total. The van der Waals surface area contributed by atoms with Gasteiger partial charge in [0.05, 0.1) is 10.4 Å². The van der Waals surface area contributed by atoms with Crippen LogP contribution in [-0.2, 0) is 11.8 Å². The summed E-state index contributed by atoms with van der Waals surface area (Å²) in [6, 6.07) is 8.01.